The first-order valence-electron chi connectivity index (χ1n) is 8.32. The normalized spacial score (nSPS) is 22.3. The van der Waals surface area contributed by atoms with Crippen molar-refractivity contribution in [1.82, 2.24) is 10.4 Å². The molecule has 0 radical (unpaired) electrons. The lowest BCUT2D eigenvalue weighted by atomic mass is 9.82. The number of anilines is 1. The molecule has 1 aromatic rings. The highest BCUT2D eigenvalue weighted by Crippen LogP contribution is 2.35. The average molecular weight is 333 g/mol. The van der Waals surface area contributed by atoms with Crippen molar-refractivity contribution >= 4 is 11.6 Å². The Bertz CT molecular complexity index is 650. The Labute approximate surface area is 144 Å². The van der Waals surface area contributed by atoms with Crippen LogP contribution in [-0.4, -0.2) is 23.5 Å². The molecule has 0 saturated carbocycles. The third-order valence-corrected chi connectivity index (χ3v) is 4.30. The van der Waals surface area contributed by atoms with Crippen LogP contribution < -0.4 is 10.7 Å². The van der Waals surface area contributed by atoms with Gasteiger partial charge in [-0.25, -0.2) is 9.82 Å². The maximum atomic E-state index is 14.2. The quantitative estimate of drug-likeness (QED) is 0.868. The van der Waals surface area contributed by atoms with Gasteiger partial charge in [0.25, 0.3) is 5.91 Å². The van der Waals surface area contributed by atoms with Crippen molar-refractivity contribution in [2.75, 3.05) is 12.4 Å². The molecule has 1 amide bonds. The molecule has 4 nitrogen and oxygen atoms in total. The summed E-state index contributed by atoms with van der Waals surface area (Å²) in [5.74, 6) is -0.618. The third kappa shape index (κ3) is 3.96. The third-order valence-electron chi connectivity index (χ3n) is 4.30. The highest BCUT2D eigenvalue weighted by Gasteiger charge is 2.43. The Morgan fingerprint density at radius 3 is 2.54 bits per heavy atom. The predicted octanol–water partition coefficient (Wildman–Crippen LogP) is 4.18. The second-order valence-corrected chi connectivity index (χ2v) is 8.03. The van der Waals surface area contributed by atoms with Crippen LogP contribution >= 0.6 is 0 Å². The molecular weight excluding hydrogens is 305 g/mol. The van der Waals surface area contributed by atoms with Gasteiger partial charge in [0.15, 0.2) is 5.54 Å². The van der Waals surface area contributed by atoms with E-state index in [0.29, 0.717) is 0 Å². The Morgan fingerprint density at radius 2 is 2.00 bits per heavy atom. The van der Waals surface area contributed by atoms with E-state index in [4.69, 9.17) is 0 Å². The number of nitrogens with zero attached hydrogens (tertiary/aromatic N) is 1. The van der Waals surface area contributed by atoms with Crippen molar-refractivity contribution < 1.29 is 9.18 Å². The summed E-state index contributed by atoms with van der Waals surface area (Å²) in [5.41, 5.74) is 3.46. The van der Waals surface area contributed by atoms with E-state index in [-0.39, 0.29) is 11.3 Å². The average Bonchev–Trinajstić information content (AvgIpc) is 2.71. The van der Waals surface area contributed by atoms with Crippen LogP contribution in [0.15, 0.2) is 36.3 Å². The standard InChI is InChI=1S/C19H28FN3O/c1-13(11-18(2,3)4)14-9-7-8-10-15(14)21-17(24)19(5)16(20)12-23(6)22-19/h7-10,12-13,22H,11H2,1-6H3,(H,21,24). The van der Waals surface area contributed by atoms with Gasteiger partial charge in [-0.05, 0) is 36.3 Å². The summed E-state index contributed by atoms with van der Waals surface area (Å²) >= 11 is 0. The smallest absolute Gasteiger partial charge is 0.253 e. The fraction of sp³-hybridized carbons (Fsp3) is 0.526. The van der Waals surface area contributed by atoms with E-state index >= 15 is 0 Å². The lowest BCUT2D eigenvalue weighted by Crippen LogP contribution is -2.53. The largest absolute Gasteiger partial charge is 0.324 e. The lowest BCUT2D eigenvalue weighted by Gasteiger charge is -2.28. The minimum absolute atomic E-state index is 0.188. The molecule has 2 unspecified atom stereocenters. The van der Waals surface area contributed by atoms with Gasteiger partial charge < -0.3 is 10.3 Å². The van der Waals surface area contributed by atoms with E-state index in [0.717, 1.165) is 17.7 Å². The molecule has 2 atom stereocenters. The predicted molar refractivity (Wildman–Crippen MR) is 96.1 cm³/mol. The molecule has 5 heteroatoms. The molecule has 0 aromatic heterocycles. The number of halogens is 1. The molecular formula is C19H28FN3O. The topological polar surface area (TPSA) is 44.4 Å². The SMILES string of the molecule is CC(CC(C)(C)C)c1ccccc1NC(=O)C1(C)NN(C)C=C1F. The van der Waals surface area contributed by atoms with Crippen LogP contribution in [0.1, 0.15) is 52.5 Å². The first kappa shape index (κ1) is 18.5. The summed E-state index contributed by atoms with van der Waals surface area (Å²) < 4.78 is 14.2. The van der Waals surface area contributed by atoms with E-state index in [1.807, 2.05) is 24.3 Å². The van der Waals surface area contributed by atoms with Gasteiger partial charge in [-0.1, -0.05) is 45.9 Å². The van der Waals surface area contributed by atoms with Crippen molar-refractivity contribution in [3.8, 4) is 0 Å². The minimum atomic E-state index is -1.38. The summed E-state index contributed by atoms with van der Waals surface area (Å²) in [5, 5.41) is 4.36. The number of rotatable bonds is 4. The first-order chi connectivity index (χ1) is 11.0. The number of para-hydroxylation sites is 1. The first-order valence-corrected chi connectivity index (χ1v) is 8.32. The zero-order chi connectivity index (χ0) is 18.1. The van der Waals surface area contributed by atoms with Gasteiger partial charge in [0.05, 0.1) is 0 Å². The van der Waals surface area contributed by atoms with Gasteiger partial charge in [-0.2, -0.15) is 0 Å². The molecule has 0 saturated heterocycles. The van der Waals surface area contributed by atoms with E-state index in [2.05, 4.69) is 38.4 Å². The van der Waals surface area contributed by atoms with Gasteiger partial charge in [0, 0.05) is 18.9 Å². The number of benzene rings is 1. The summed E-state index contributed by atoms with van der Waals surface area (Å²) in [6, 6.07) is 7.74. The number of amides is 1. The van der Waals surface area contributed by atoms with Gasteiger partial charge in [0.1, 0.15) is 5.83 Å². The number of hydrazine groups is 1. The van der Waals surface area contributed by atoms with Crippen LogP contribution in [0.2, 0.25) is 0 Å². The summed E-state index contributed by atoms with van der Waals surface area (Å²) in [4.78, 5) is 12.7. The fourth-order valence-corrected chi connectivity index (χ4v) is 3.21. The Hall–Kier alpha value is -1.88. The number of hydrogen-bond acceptors (Lipinski definition) is 3. The van der Waals surface area contributed by atoms with E-state index in [1.165, 1.54) is 11.2 Å². The maximum absolute atomic E-state index is 14.2. The second-order valence-electron chi connectivity index (χ2n) is 8.03. The number of hydrogen-bond donors (Lipinski definition) is 2. The highest BCUT2D eigenvalue weighted by atomic mass is 19.1. The van der Waals surface area contributed by atoms with E-state index < -0.39 is 17.3 Å². The van der Waals surface area contributed by atoms with Crippen LogP contribution in [-0.2, 0) is 4.79 Å². The van der Waals surface area contributed by atoms with Crippen LogP contribution in [0.25, 0.3) is 0 Å². The number of carbonyl (C=O) groups excluding carboxylic acids is 1. The monoisotopic (exact) mass is 333 g/mol. The van der Waals surface area contributed by atoms with Crippen LogP contribution in [0.4, 0.5) is 10.1 Å². The van der Waals surface area contributed by atoms with Crippen molar-refractivity contribution in [1.29, 1.82) is 0 Å². The van der Waals surface area contributed by atoms with Crippen molar-refractivity contribution in [3.05, 3.63) is 41.9 Å². The summed E-state index contributed by atoms with van der Waals surface area (Å²) in [7, 11) is 1.66. The molecule has 2 N–H and O–H groups in total. The van der Waals surface area contributed by atoms with Gasteiger partial charge in [-0.3, -0.25) is 4.79 Å². The van der Waals surface area contributed by atoms with Gasteiger partial charge in [0.2, 0.25) is 0 Å². The Morgan fingerprint density at radius 1 is 1.38 bits per heavy atom. The van der Waals surface area contributed by atoms with E-state index in [1.54, 1.807) is 14.0 Å². The lowest BCUT2D eigenvalue weighted by molar-refractivity contribution is -0.121. The number of carbonyl (C=O) groups is 1. The zero-order valence-electron chi connectivity index (χ0n) is 15.4. The molecule has 2 rings (SSSR count). The van der Waals surface area contributed by atoms with Crippen LogP contribution in [0, 0.1) is 5.41 Å². The van der Waals surface area contributed by atoms with Crippen LogP contribution in [0.3, 0.4) is 0 Å². The molecule has 24 heavy (non-hydrogen) atoms. The molecule has 0 bridgehead atoms. The van der Waals surface area contributed by atoms with Gasteiger partial charge >= 0.3 is 0 Å². The molecule has 1 aliphatic heterocycles. The maximum Gasteiger partial charge on any atom is 0.253 e. The second kappa shape index (κ2) is 6.55. The molecule has 0 spiro atoms. The molecule has 1 aliphatic rings. The molecule has 132 valence electrons. The number of nitrogens with one attached hydrogen (secondary N) is 2. The molecule has 1 aromatic carbocycles. The van der Waals surface area contributed by atoms with Crippen LogP contribution in [0.5, 0.6) is 0 Å². The zero-order valence-corrected chi connectivity index (χ0v) is 15.4. The minimum Gasteiger partial charge on any atom is -0.324 e. The van der Waals surface area contributed by atoms with Crippen molar-refractivity contribution in [2.45, 2.75) is 52.5 Å². The van der Waals surface area contributed by atoms with Gasteiger partial charge in [-0.15, -0.1) is 0 Å². The van der Waals surface area contributed by atoms with E-state index in [9.17, 15) is 9.18 Å². The highest BCUT2D eigenvalue weighted by molar-refractivity contribution is 6.00. The molecule has 1 heterocycles. The molecule has 0 aliphatic carbocycles. The summed E-state index contributed by atoms with van der Waals surface area (Å²) in [6.45, 7) is 10.3. The fourth-order valence-electron chi connectivity index (χ4n) is 3.21. The Balaban J connectivity index is 2.22. The van der Waals surface area contributed by atoms with Crippen molar-refractivity contribution in [2.24, 2.45) is 5.41 Å². The molecule has 0 fully saturated rings. The van der Waals surface area contributed by atoms with Crippen molar-refractivity contribution in [3.63, 3.8) is 0 Å². The Kier molecular flexibility index (Phi) is 5.04. The summed E-state index contributed by atoms with van der Waals surface area (Å²) in [6.07, 6.45) is 2.28.